The molecule has 0 aromatic heterocycles. The molecule has 0 aliphatic carbocycles. The van der Waals surface area contributed by atoms with Crippen LogP contribution in [0.3, 0.4) is 0 Å². The molecule has 1 N–H and O–H groups in total. The molecular formula is C8H13FN2O. The van der Waals surface area contributed by atoms with Crippen LogP contribution in [-0.2, 0) is 4.79 Å². The molecule has 68 valence electrons. The van der Waals surface area contributed by atoms with Crippen molar-refractivity contribution in [3.05, 3.63) is 0 Å². The molecule has 0 spiro atoms. The van der Waals surface area contributed by atoms with E-state index in [1.54, 1.807) is 0 Å². The number of alkyl halides is 1. The summed E-state index contributed by atoms with van der Waals surface area (Å²) in [6.45, 7) is 1.87. The first-order valence-corrected chi connectivity index (χ1v) is 4.29. The first-order chi connectivity index (χ1) is 5.63. The lowest BCUT2D eigenvalue weighted by molar-refractivity contribution is -0.133. The molecule has 0 aromatic carbocycles. The van der Waals surface area contributed by atoms with Crippen molar-refractivity contribution < 1.29 is 9.18 Å². The molecule has 0 unspecified atom stereocenters. The van der Waals surface area contributed by atoms with Gasteiger partial charge in [0.15, 0.2) is 5.67 Å². The van der Waals surface area contributed by atoms with E-state index < -0.39 is 11.6 Å². The van der Waals surface area contributed by atoms with Crippen LogP contribution in [0, 0.1) is 5.92 Å². The Labute approximate surface area is 70.9 Å². The van der Waals surface area contributed by atoms with Crippen molar-refractivity contribution in [3.63, 3.8) is 0 Å². The molecular weight excluding hydrogens is 159 g/mol. The first kappa shape index (κ1) is 7.98. The van der Waals surface area contributed by atoms with E-state index in [1.165, 1.54) is 0 Å². The number of amides is 1. The molecule has 2 aliphatic rings. The van der Waals surface area contributed by atoms with E-state index in [-0.39, 0.29) is 5.92 Å². The van der Waals surface area contributed by atoms with Crippen LogP contribution < -0.4 is 5.32 Å². The summed E-state index contributed by atoms with van der Waals surface area (Å²) in [6, 6.07) is 0. The van der Waals surface area contributed by atoms with E-state index in [0.717, 1.165) is 0 Å². The van der Waals surface area contributed by atoms with Gasteiger partial charge in [0.25, 0.3) is 5.91 Å². The highest BCUT2D eigenvalue weighted by atomic mass is 19.1. The van der Waals surface area contributed by atoms with Gasteiger partial charge in [0.2, 0.25) is 0 Å². The molecule has 2 aliphatic heterocycles. The largest absolute Gasteiger partial charge is 0.353 e. The standard InChI is InChI=1S/C8H13FN2O/c1-11-3-2-8(9)6(5-11)4-10-7(8)12/h6H,2-5H2,1H3,(H,10,12)/t6-,8-/m1/s1. The molecule has 0 saturated carbocycles. The van der Waals surface area contributed by atoms with Crippen molar-refractivity contribution in [2.24, 2.45) is 5.92 Å². The lowest BCUT2D eigenvalue weighted by Crippen LogP contribution is -2.49. The number of piperidine rings is 1. The third kappa shape index (κ3) is 0.941. The molecule has 12 heavy (non-hydrogen) atoms. The van der Waals surface area contributed by atoms with Gasteiger partial charge in [-0.1, -0.05) is 0 Å². The lowest BCUT2D eigenvalue weighted by atomic mass is 9.85. The number of fused-ring (bicyclic) bond motifs is 1. The monoisotopic (exact) mass is 172 g/mol. The maximum absolute atomic E-state index is 13.9. The van der Waals surface area contributed by atoms with E-state index in [4.69, 9.17) is 0 Å². The Bertz CT molecular complexity index is 221. The normalized spacial score (nSPS) is 42.5. The van der Waals surface area contributed by atoms with Crippen molar-refractivity contribution in [2.45, 2.75) is 12.1 Å². The number of halogens is 1. The summed E-state index contributed by atoms with van der Waals surface area (Å²) in [4.78, 5) is 13.2. The average molecular weight is 172 g/mol. The zero-order chi connectivity index (χ0) is 8.77. The number of nitrogens with zero attached hydrogens (tertiary/aromatic N) is 1. The molecule has 0 bridgehead atoms. The fourth-order valence-electron chi connectivity index (χ4n) is 2.06. The SMILES string of the molecule is CN1CC[C@]2(F)C(=O)NC[C@@H]2C1. The van der Waals surface area contributed by atoms with Crippen molar-refractivity contribution in [1.82, 2.24) is 10.2 Å². The minimum Gasteiger partial charge on any atom is -0.353 e. The Morgan fingerprint density at radius 1 is 1.75 bits per heavy atom. The summed E-state index contributed by atoms with van der Waals surface area (Å²) in [6.07, 6.45) is 0.347. The fourth-order valence-corrected chi connectivity index (χ4v) is 2.06. The van der Waals surface area contributed by atoms with Crippen LogP contribution in [0.25, 0.3) is 0 Å². The molecule has 0 aromatic rings. The third-order valence-electron chi connectivity index (χ3n) is 2.92. The van der Waals surface area contributed by atoms with E-state index in [0.29, 0.717) is 26.1 Å². The number of nitrogens with one attached hydrogen (secondary N) is 1. The minimum atomic E-state index is -1.56. The Morgan fingerprint density at radius 2 is 2.50 bits per heavy atom. The fraction of sp³-hybridized carbons (Fsp3) is 0.875. The predicted octanol–water partition coefficient (Wildman–Crippen LogP) is -0.224. The van der Waals surface area contributed by atoms with Gasteiger partial charge < -0.3 is 10.2 Å². The van der Waals surface area contributed by atoms with Gasteiger partial charge in [-0.05, 0) is 7.05 Å². The highest BCUT2D eigenvalue weighted by molar-refractivity contribution is 5.88. The van der Waals surface area contributed by atoms with Crippen LogP contribution in [0.5, 0.6) is 0 Å². The Morgan fingerprint density at radius 3 is 3.25 bits per heavy atom. The van der Waals surface area contributed by atoms with E-state index in [1.807, 2.05) is 7.05 Å². The topological polar surface area (TPSA) is 32.3 Å². The van der Waals surface area contributed by atoms with Gasteiger partial charge in [-0.2, -0.15) is 0 Å². The molecule has 4 heteroatoms. The predicted molar refractivity (Wildman–Crippen MR) is 42.5 cm³/mol. The number of likely N-dealkylation sites (tertiary alicyclic amines) is 1. The van der Waals surface area contributed by atoms with Crippen LogP contribution in [0.1, 0.15) is 6.42 Å². The van der Waals surface area contributed by atoms with Gasteiger partial charge in [-0.3, -0.25) is 4.79 Å². The summed E-state index contributed by atoms with van der Waals surface area (Å²) >= 11 is 0. The average Bonchev–Trinajstić information content (AvgIpc) is 2.31. The third-order valence-corrected chi connectivity index (χ3v) is 2.92. The number of hydrogen-bond donors (Lipinski definition) is 1. The van der Waals surface area contributed by atoms with Crippen LogP contribution in [-0.4, -0.2) is 43.2 Å². The summed E-state index contributed by atoms with van der Waals surface area (Å²) in [5, 5.41) is 2.58. The lowest BCUT2D eigenvalue weighted by Gasteiger charge is -2.34. The van der Waals surface area contributed by atoms with Gasteiger partial charge in [0.05, 0.1) is 0 Å². The van der Waals surface area contributed by atoms with Gasteiger partial charge in [0, 0.05) is 32.0 Å². The highest BCUT2D eigenvalue weighted by Crippen LogP contribution is 2.34. The highest BCUT2D eigenvalue weighted by Gasteiger charge is 2.53. The molecule has 3 nitrogen and oxygen atoms in total. The van der Waals surface area contributed by atoms with Crippen molar-refractivity contribution in [1.29, 1.82) is 0 Å². The zero-order valence-corrected chi connectivity index (χ0v) is 7.14. The summed E-state index contributed by atoms with van der Waals surface area (Å²) in [5.41, 5.74) is -1.56. The van der Waals surface area contributed by atoms with Gasteiger partial charge in [0.1, 0.15) is 0 Å². The Balaban J connectivity index is 2.19. The van der Waals surface area contributed by atoms with Gasteiger partial charge in [-0.15, -0.1) is 0 Å². The zero-order valence-electron chi connectivity index (χ0n) is 7.14. The summed E-state index contributed by atoms with van der Waals surface area (Å²) < 4.78 is 13.9. The van der Waals surface area contributed by atoms with Crippen LogP contribution in [0.4, 0.5) is 4.39 Å². The molecule has 2 rings (SSSR count). The quantitative estimate of drug-likeness (QED) is 0.547. The van der Waals surface area contributed by atoms with E-state index in [2.05, 4.69) is 10.2 Å². The summed E-state index contributed by atoms with van der Waals surface area (Å²) in [7, 11) is 1.96. The first-order valence-electron chi connectivity index (χ1n) is 4.29. The number of rotatable bonds is 0. The molecule has 2 saturated heterocycles. The van der Waals surface area contributed by atoms with Crippen molar-refractivity contribution in [3.8, 4) is 0 Å². The second-order valence-corrected chi connectivity index (χ2v) is 3.78. The van der Waals surface area contributed by atoms with Crippen molar-refractivity contribution >= 4 is 5.91 Å². The molecule has 0 radical (unpaired) electrons. The van der Waals surface area contributed by atoms with Gasteiger partial charge >= 0.3 is 0 Å². The maximum Gasteiger partial charge on any atom is 0.258 e. The number of carbonyl (C=O) groups is 1. The van der Waals surface area contributed by atoms with Crippen LogP contribution >= 0.6 is 0 Å². The maximum atomic E-state index is 13.9. The van der Waals surface area contributed by atoms with Crippen LogP contribution in [0.15, 0.2) is 0 Å². The number of hydrogen-bond acceptors (Lipinski definition) is 2. The molecule has 1 amide bonds. The Kier molecular flexibility index (Phi) is 1.61. The van der Waals surface area contributed by atoms with Crippen molar-refractivity contribution in [2.75, 3.05) is 26.7 Å². The Hall–Kier alpha value is -0.640. The van der Waals surface area contributed by atoms with E-state index >= 15 is 0 Å². The second-order valence-electron chi connectivity index (χ2n) is 3.78. The van der Waals surface area contributed by atoms with Crippen LogP contribution in [0.2, 0.25) is 0 Å². The minimum absolute atomic E-state index is 0.135. The van der Waals surface area contributed by atoms with E-state index in [9.17, 15) is 9.18 Å². The summed E-state index contributed by atoms with van der Waals surface area (Å²) in [5.74, 6) is -0.538. The molecule has 2 heterocycles. The number of carbonyl (C=O) groups excluding carboxylic acids is 1. The van der Waals surface area contributed by atoms with Gasteiger partial charge in [-0.25, -0.2) is 4.39 Å². The smallest absolute Gasteiger partial charge is 0.258 e. The molecule has 2 atom stereocenters. The second kappa shape index (κ2) is 2.42. The molecule has 2 fully saturated rings.